The fourth-order valence-electron chi connectivity index (χ4n) is 2.41. The van der Waals surface area contributed by atoms with Crippen LogP contribution in [0.4, 0.5) is 0 Å². The zero-order valence-corrected chi connectivity index (χ0v) is 11.8. The van der Waals surface area contributed by atoms with Crippen LogP contribution in [0.2, 0.25) is 0 Å². The number of benzene rings is 1. The molecule has 1 N–H and O–H groups in total. The summed E-state index contributed by atoms with van der Waals surface area (Å²) in [4.78, 5) is 12.9. The van der Waals surface area contributed by atoms with E-state index in [4.69, 9.17) is 14.6 Å². The lowest BCUT2D eigenvalue weighted by Gasteiger charge is -2.29. The Bertz CT molecular complexity index is 539. The summed E-state index contributed by atoms with van der Waals surface area (Å²) in [5.41, 5.74) is 2.58. The van der Waals surface area contributed by atoms with E-state index in [1.54, 1.807) is 14.2 Å². The van der Waals surface area contributed by atoms with Gasteiger partial charge in [0.05, 0.1) is 14.2 Å². The second-order valence-corrected chi connectivity index (χ2v) is 4.85. The van der Waals surface area contributed by atoms with E-state index in [9.17, 15) is 4.79 Å². The van der Waals surface area contributed by atoms with Crippen molar-refractivity contribution in [3.63, 3.8) is 0 Å². The van der Waals surface area contributed by atoms with Crippen molar-refractivity contribution in [3.8, 4) is 11.5 Å². The molecule has 0 atom stereocenters. The summed E-state index contributed by atoms with van der Waals surface area (Å²) in [6, 6.07) is 3.96. The third-order valence-electron chi connectivity index (χ3n) is 3.51. The molecule has 0 aromatic heterocycles. The van der Waals surface area contributed by atoms with Crippen LogP contribution in [0.15, 0.2) is 24.3 Å². The summed E-state index contributed by atoms with van der Waals surface area (Å²) in [7, 11) is 3.23. The molecule has 2 rings (SSSR count). The van der Waals surface area contributed by atoms with Gasteiger partial charge in [-0.15, -0.1) is 0 Å². The molecule has 0 amide bonds. The van der Waals surface area contributed by atoms with Gasteiger partial charge < -0.3 is 14.6 Å². The number of ether oxygens (including phenoxy) is 2. The first-order chi connectivity index (χ1) is 9.55. The summed E-state index contributed by atoms with van der Waals surface area (Å²) in [5.74, 6) is 0.489. The van der Waals surface area contributed by atoms with Crippen LogP contribution < -0.4 is 9.47 Å². The fraction of sp³-hybridized carbons (Fsp3) is 0.400. The average molecular weight is 277 g/mol. The van der Waals surface area contributed by atoms with Gasteiger partial charge in [-0.2, -0.15) is 0 Å². The van der Waals surface area contributed by atoms with Gasteiger partial charge in [0.25, 0.3) is 0 Å². The minimum Gasteiger partial charge on any atom is -0.493 e. The van der Waals surface area contributed by atoms with E-state index in [1.807, 2.05) is 12.1 Å². The van der Waals surface area contributed by atoms with Crippen LogP contribution in [0.25, 0.3) is 0 Å². The molecule has 0 spiro atoms. The topological polar surface area (TPSA) is 59.0 Å². The maximum atomic E-state index is 10.8. The molecule has 1 aromatic rings. The Kier molecular flexibility index (Phi) is 4.29. The Morgan fingerprint density at radius 2 is 1.90 bits per heavy atom. The Morgan fingerprint density at radius 1 is 1.30 bits per heavy atom. The molecule has 1 aliphatic rings. The molecule has 1 aliphatic heterocycles. The fourth-order valence-corrected chi connectivity index (χ4v) is 2.41. The van der Waals surface area contributed by atoms with Gasteiger partial charge in [0.15, 0.2) is 11.5 Å². The number of hydrogen-bond donors (Lipinski definition) is 1. The van der Waals surface area contributed by atoms with Gasteiger partial charge in [0, 0.05) is 25.2 Å². The van der Waals surface area contributed by atoms with Crippen LogP contribution in [0.1, 0.15) is 11.1 Å². The SMILES string of the molecule is C=C(CN1CCc2cc(OC)c(OC)cc2C1)C(=O)O. The Labute approximate surface area is 118 Å². The van der Waals surface area contributed by atoms with Crippen LogP contribution in [-0.2, 0) is 17.8 Å². The molecular formula is C15H19NO4. The molecule has 5 nitrogen and oxygen atoms in total. The standard InChI is InChI=1S/C15H19NO4/c1-10(15(17)18)8-16-5-4-11-6-13(19-2)14(20-3)7-12(11)9-16/h6-7H,1,4-5,8-9H2,2-3H3,(H,17,18). The summed E-state index contributed by atoms with van der Waals surface area (Å²) in [6.07, 6.45) is 0.864. The van der Waals surface area contributed by atoms with Crippen molar-refractivity contribution in [2.24, 2.45) is 0 Å². The van der Waals surface area contributed by atoms with E-state index in [1.165, 1.54) is 5.56 Å². The number of fused-ring (bicyclic) bond motifs is 1. The van der Waals surface area contributed by atoms with Gasteiger partial charge in [-0.05, 0) is 29.7 Å². The molecule has 20 heavy (non-hydrogen) atoms. The van der Waals surface area contributed by atoms with Gasteiger partial charge in [-0.25, -0.2) is 4.79 Å². The zero-order valence-electron chi connectivity index (χ0n) is 11.8. The van der Waals surface area contributed by atoms with Crippen molar-refractivity contribution in [2.75, 3.05) is 27.3 Å². The number of carboxylic acid groups (broad SMARTS) is 1. The van der Waals surface area contributed by atoms with Crippen molar-refractivity contribution in [2.45, 2.75) is 13.0 Å². The minimum absolute atomic E-state index is 0.217. The third-order valence-corrected chi connectivity index (χ3v) is 3.51. The molecule has 0 radical (unpaired) electrons. The van der Waals surface area contributed by atoms with Crippen LogP contribution in [0.5, 0.6) is 11.5 Å². The van der Waals surface area contributed by atoms with E-state index in [0.717, 1.165) is 24.3 Å². The lowest BCUT2D eigenvalue weighted by molar-refractivity contribution is -0.132. The molecule has 5 heteroatoms. The highest BCUT2D eigenvalue weighted by Crippen LogP contribution is 2.33. The van der Waals surface area contributed by atoms with Crippen LogP contribution in [0, 0.1) is 0 Å². The summed E-state index contributed by atoms with van der Waals surface area (Å²) in [5, 5.41) is 8.90. The summed E-state index contributed by atoms with van der Waals surface area (Å²) < 4.78 is 10.6. The van der Waals surface area contributed by atoms with E-state index in [0.29, 0.717) is 18.8 Å². The van der Waals surface area contributed by atoms with Gasteiger partial charge in [-0.1, -0.05) is 6.58 Å². The van der Waals surface area contributed by atoms with Crippen LogP contribution in [0.3, 0.4) is 0 Å². The number of methoxy groups -OCH3 is 2. The monoisotopic (exact) mass is 277 g/mol. The van der Waals surface area contributed by atoms with Gasteiger partial charge in [-0.3, -0.25) is 4.90 Å². The molecule has 1 heterocycles. The first kappa shape index (κ1) is 14.4. The number of carbonyl (C=O) groups is 1. The molecule has 0 fully saturated rings. The van der Waals surface area contributed by atoms with Crippen LogP contribution in [-0.4, -0.2) is 43.3 Å². The lowest BCUT2D eigenvalue weighted by Crippen LogP contribution is -2.33. The predicted octanol–water partition coefficient (Wildman–Crippen LogP) is 1.70. The van der Waals surface area contributed by atoms with E-state index >= 15 is 0 Å². The number of rotatable bonds is 5. The molecule has 0 unspecified atom stereocenters. The van der Waals surface area contributed by atoms with Gasteiger partial charge in [0.1, 0.15) is 0 Å². The number of nitrogens with zero attached hydrogens (tertiary/aromatic N) is 1. The molecule has 0 saturated heterocycles. The average Bonchev–Trinajstić information content (AvgIpc) is 2.45. The highest BCUT2D eigenvalue weighted by Gasteiger charge is 2.20. The van der Waals surface area contributed by atoms with Crippen molar-refractivity contribution < 1.29 is 19.4 Å². The molecule has 108 valence electrons. The lowest BCUT2D eigenvalue weighted by atomic mass is 9.98. The van der Waals surface area contributed by atoms with E-state index in [-0.39, 0.29) is 5.57 Å². The molecular weight excluding hydrogens is 258 g/mol. The van der Waals surface area contributed by atoms with E-state index < -0.39 is 5.97 Å². The minimum atomic E-state index is -0.942. The highest BCUT2D eigenvalue weighted by molar-refractivity contribution is 5.86. The normalized spacial score (nSPS) is 14.5. The Balaban J connectivity index is 2.17. The van der Waals surface area contributed by atoms with Gasteiger partial charge in [0.2, 0.25) is 0 Å². The summed E-state index contributed by atoms with van der Waals surface area (Å²) >= 11 is 0. The molecule has 0 saturated carbocycles. The smallest absolute Gasteiger partial charge is 0.332 e. The first-order valence-corrected chi connectivity index (χ1v) is 6.42. The first-order valence-electron chi connectivity index (χ1n) is 6.42. The van der Waals surface area contributed by atoms with Crippen molar-refractivity contribution >= 4 is 5.97 Å². The van der Waals surface area contributed by atoms with Crippen molar-refractivity contribution in [1.82, 2.24) is 4.90 Å². The quantitative estimate of drug-likeness (QED) is 0.830. The maximum Gasteiger partial charge on any atom is 0.332 e. The van der Waals surface area contributed by atoms with Gasteiger partial charge >= 0.3 is 5.97 Å². The summed E-state index contributed by atoms with van der Waals surface area (Å²) in [6.45, 7) is 5.47. The Hall–Kier alpha value is -2.01. The Morgan fingerprint density at radius 3 is 2.45 bits per heavy atom. The zero-order chi connectivity index (χ0) is 14.7. The molecule has 1 aromatic carbocycles. The molecule has 0 bridgehead atoms. The maximum absolute atomic E-state index is 10.8. The number of hydrogen-bond acceptors (Lipinski definition) is 4. The van der Waals surface area contributed by atoms with Crippen molar-refractivity contribution in [3.05, 3.63) is 35.4 Å². The second kappa shape index (κ2) is 5.96. The van der Waals surface area contributed by atoms with Crippen LogP contribution >= 0.6 is 0 Å². The number of carboxylic acids is 1. The number of aliphatic carboxylic acids is 1. The highest BCUT2D eigenvalue weighted by atomic mass is 16.5. The van der Waals surface area contributed by atoms with E-state index in [2.05, 4.69) is 11.5 Å². The molecule has 0 aliphatic carbocycles. The predicted molar refractivity (Wildman–Crippen MR) is 75.3 cm³/mol. The largest absolute Gasteiger partial charge is 0.493 e. The van der Waals surface area contributed by atoms with Crippen molar-refractivity contribution in [1.29, 1.82) is 0 Å². The second-order valence-electron chi connectivity index (χ2n) is 4.85. The third kappa shape index (κ3) is 2.93.